The molecule has 2 aromatic carbocycles. The molecular weight excluding hydrogens is 346 g/mol. The molecule has 0 saturated heterocycles. The molecule has 0 atom stereocenters. The number of fused-ring (bicyclic) bond motifs is 1. The van der Waals surface area contributed by atoms with Gasteiger partial charge in [0.15, 0.2) is 0 Å². The summed E-state index contributed by atoms with van der Waals surface area (Å²) in [7, 11) is 0. The zero-order valence-electron chi connectivity index (χ0n) is 14.8. The van der Waals surface area contributed by atoms with Crippen LogP contribution in [0.1, 0.15) is 16.7 Å². The van der Waals surface area contributed by atoms with E-state index in [0.29, 0.717) is 10.7 Å². The molecule has 0 aliphatic heterocycles. The van der Waals surface area contributed by atoms with E-state index in [4.69, 9.17) is 11.6 Å². The highest BCUT2D eigenvalue weighted by molar-refractivity contribution is 6.31. The van der Waals surface area contributed by atoms with E-state index < -0.39 is 0 Å². The van der Waals surface area contributed by atoms with E-state index in [1.165, 1.54) is 0 Å². The maximum absolute atomic E-state index is 13.0. The van der Waals surface area contributed by atoms with E-state index >= 15 is 0 Å². The molecule has 0 spiro atoms. The Labute approximate surface area is 156 Å². The first-order valence-corrected chi connectivity index (χ1v) is 8.76. The van der Waals surface area contributed by atoms with Gasteiger partial charge in [0.2, 0.25) is 5.65 Å². The fourth-order valence-electron chi connectivity index (χ4n) is 3.06. The van der Waals surface area contributed by atoms with Gasteiger partial charge in [-0.05, 0) is 50.1 Å². The summed E-state index contributed by atoms with van der Waals surface area (Å²) in [5, 5.41) is 0.633. The van der Waals surface area contributed by atoms with Crippen molar-refractivity contribution in [3.05, 3.63) is 87.1 Å². The second-order valence-electron chi connectivity index (χ2n) is 6.58. The summed E-state index contributed by atoms with van der Waals surface area (Å²) in [5.74, 6) is 0. The SMILES string of the molecule is Cc1ccc(C)c(-c2cn3ccn(-c4ccc(C)c(Cl)c4)c(=O)c3n2)c1. The number of aryl methyl sites for hydroxylation is 3. The van der Waals surface area contributed by atoms with Gasteiger partial charge in [-0.1, -0.05) is 35.4 Å². The van der Waals surface area contributed by atoms with Crippen LogP contribution in [0, 0.1) is 20.8 Å². The van der Waals surface area contributed by atoms with Crippen molar-refractivity contribution >= 4 is 17.2 Å². The summed E-state index contributed by atoms with van der Waals surface area (Å²) in [5.41, 5.74) is 6.04. The highest BCUT2D eigenvalue weighted by Crippen LogP contribution is 2.24. The van der Waals surface area contributed by atoms with Gasteiger partial charge in [-0.2, -0.15) is 0 Å². The van der Waals surface area contributed by atoms with Crippen molar-refractivity contribution in [2.24, 2.45) is 0 Å². The second kappa shape index (κ2) is 6.15. The molecule has 0 aliphatic carbocycles. The maximum atomic E-state index is 13.0. The van der Waals surface area contributed by atoms with Gasteiger partial charge in [0.25, 0.3) is 5.56 Å². The smallest absolute Gasteiger partial charge is 0.298 e. The van der Waals surface area contributed by atoms with Crippen LogP contribution in [0.4, 0.5) is 0 Å². The third-order valence-electron chi connectivity index (χ3n) is 4.62. The highest BCUT2D eigenvalue weighted by Gasteiger charge is 2.12. The summed E-state index contributed by atoms with van der Waals surface area (Å²) < 4.78 is 3.34. The summed E-state index contributed by atoms with van der Waals surface area (Å²) in [6.45, 7) is 6.03. The van der Waals surface area contributed by atoms with Crippen molar-refractivity contribution in [3.63, 3.8) is 0 Å². The van der Waals surface area contributed by atoms with Gasteiger partial charge in [-0.25, -0.2) is 4.98 Å². The van der Waals surface area contributed by atoms with Gasteiger partial charge >= 0.3 is 0 Å². The number of halogens is 1. The molecule has 0 unspecified atom stereocenters. The summed E-state index contributed by atoms with van der Waals surface area (Å²) in [6.07, 6.45) is 5.47. The Morgan fingerprint density at radius 1 is 0.962 bits per heavy atom. The van der Waals surface area contributed by atoms with Crippen LogP contribution < -0.4 is 5.56 Å². The highest BCUT2D eigenvalue weighted by atomic mass is 35.5. The largest absolute Gasteiger partial charge is 0.300 e. The minimum atomic E-state index is -0.177. The Balaban J connectivity index is 1.90. The molecule has 0 radical (unpaired) electrons. The topological polar surface area (TPSA) is 39.3 Å². The molecule has 4 rings (SSSR count). The third kappa shape index (κ3) is 2.72. The number of imidazole rings is 1. The normalized spacial score (nSPS) is 11.2. The molecule has 2 aromatic heterocycles. The van der Waals surface area contributed by atoms with Crippen LogP contribution in [-0.2, 0) is 0 Å². The third-order valence-corrected chi connectivity index (χ3v) is 5.03. The number of hydrogen-bond donors (Lipinski definition) is 0. The van der Waals surface area contributed by atoms with Crippen LogP contribution in [0.25, 0.3) is 22.6 Å². The zero-order chi connectivity index (χ0) is 18.4. The molecule has 26 heavy (non-hydrogen) atoms. The lowest BCUT2D eigenvalue weighted by Gasteiger charge is -2.07. The molecule has 5 heteroatoms. The molecule has 0 bridgehead atoms. The van der Waals surface area contributed by atoms with E-state index in [9.17, 15) is 4.79 Å². The molecule has 130 valence electrons. The monoisotopic (exact) mass is 363 g/mol. The molecular formula is C21H18ClN3O. The Kier molecular flexibility index (Phi) is 3.93. The fourth-order valence-corrected chi connectivity index (χ4v) is 3.23. The fraction of sp³-hybridized carbons (Fsp3) is 0.143. The predicted molar refractivity (Wildman–Crippen MR) is 105 cm³/mol. The molecule has 0 saturated carbocycles. The first-order valence-electron chi connectivity index (χ1n) is 8.38. The first kappa shape index (κ1) is 16.6. The van der Waals surface area contributed by atoms with Gasteiger partial charge in [-0.3, -0.25) is 9.36 Å². The second-order valence-corrected chi connectivity index (χ2v) is 6.99. The van der Waals surface area contributed by atoms with Crippen molar-refractivity contribution in [2.45, 2.75) is 20.8 Å². The summed E-state index contributed by atoms with van der Waals surface area (Å²) in [6, 6.07) is 11.8. The summed E-state index contributed by atoms with van der Waals surface area (Å²) >= 11 is 6.21. The van der Waals surface area contributed by atoms with E-state index in [-0.39, 0.29) is 5.56 Å². The Bertz CT molecular complexity index is 1200. The Hall–Kier alpha value is -2.85. The lowest BCUT2D eigenvalue weighted by Crippen LogP contribution is -2.19. The minimum Gasteiger partial charge on any atom is -0.300 e. The number of nitrogens with zero attached hydrogens (tertiary/aromatic N) is 3. The van der Waals surface area contributed by atoms with E-state index in [0.717, 1.165) is 33.6 Å². The van der Waals surface area contributed by atoms with Crippen LogP contribution in [-0.4, -0.2) is 14.0 Å². The summed E-state index contributed by atoms with van der Waals surface area (Å²) in [4.78, 5) is 17.6. The molecule has 4 nitrogen and oxygen atoms in total. The molecule has 0 aliphatic rings. The molecule has 2 heterocycles. The van der Waals surface area contributed by atoms with Crippen molar-refractivity contribution < 1.29 is 0 Å². The Morgan fingerprint density at radius 2 is 1.73 bits per heavy atom. The van der Waals surface area contributed by atoms with Gasteiger partial charge < -0.3 is 4.40 Å². The van der Waals surface area contributed by atoms with Gasteiger partial charge in [0, 0.05) is 29.2 Å². The minimum absolute atomic E-state index is 0.177. The van der Waals surface area contributed by atoms with Crippen LogP contribution in [0.5, 0.6) is 0 Å². The average Bonchev–Trinajstić information content (AvgIpc) is 3.05. The van der Waals surface area contributed by atoms with Crippen molar-refractivity contribution in [3.8, 4) is 16.9 Å². The van der Waals surface area contributed by atoms with Crippen LogP contribution >= 0.6 is 11.6 Å². The standard InChI is InChI=1S/C21H18ClN3O/c1-13-4-5-14(2)17(10-13)19-12-24-8-9-25(21(26)20(24)23-19)16-7-6-15(3)18(22)11-16/h4-12H,1-3H3. The molecule has 0 N–H and O–H groups in total. The maximum Gasteiger partial charge on any atom is 0.298 e. The van der Waals surface area contributed by atoms with Crippen molar-refractivity contribution in [1.82, 2.24) is 14.0 Å². The van der Waals surface area contributed by atoms with Crippen molar-refractivity contribution in [1.29, 1.82) is 0 Å². The van der Waals surface area contributed by atoms with Gasteiger partial charge in [-0.15, -0.1) is 0 Å². The predicted octanol–water partition coefficient (Wildman–Crippen LogP) is 4.73. The zero-order valence-corrected chi connectivity index (χ0v) is 15.6. The number of hydrogen-bond acceptors (Lipinski definition) is 2. The number of rotatable bonds is 2. The first-order chi connectivity index (χ1) is 12.4. The van der Waals surface area contributed by atoms with Gasteiger partial charge in [0.1, 0.15) is 0 Å². The molecule has 0 fully saturated rings. The Morgan fingerprint density at radius 3 is 2.50 bits per heavy atom. The van der Waals surface area contributed by atoms with Crippen LogP contribution in [0.15, 0.2) is 59.8 Å². The van der Waals surface area contributed by atoms with E-state index in [1.807, 2.05) is 45.3 Å². The van der Waals surface area contributed by atoms with Crippen molar-refractivity contribution in [2.75, 3.05) is 0 Å². The lowest BCUT2D eigenvalue weighted by atomic mass is 10.0. The quantitative estimate of drug-likeness (QED) is 0.516. The van der Waals surface area contributed by atoms with Gasteiger partial charge in [0.05, 0.1) is 11.4 Å². The average molecular weight is 364 g/mol. The number of aromatic nitrogens is 3. The number of benzene rings is 2. The van der Waals surface area contributed by atoms with E-state index in [2.05, 4.69) is 23.2 Å². The molecule has 0 amide bonds. The lowest BCUT2D eigenvalue weighted by molar-refractivity contribution is 0.949. The van der Waals surface area contributed by atoms with E-state index in [1.54, 1.807) is 21.2 Å². The molecule has 4 aromatic rings. The van der Waals surface area contributed by atoms with Crippen LogP contribution in [0.2, 0.25) is 5.02 Å². The van der Waals surface area contributed by atoms with Crippen LogP contribution in [0.3, 0.4) is 0 Å².